The van der Waals surface area contributed by atoms with Crippen LogP contribution in [-0.2, 0) is 20.4 Å². The van der Waals surface area contributed by atoms with Crippen molar-refractivity contribution in [3.05, 3.63) is 29.8 Å². The summed E-state index contributed by atoms with van der Waals surface area (Å²) >= 11 is 0. The van der Waals surface area contributed by atoms with E-state index in [1.807, 2.05) is 0 Å². The van der Waals surface area contributed by atoms with Crippen LogP contribution >= 0.6 is 0 Å². The van der Waals surface area contributed by atoms with Gasteiger partial charge in [0.15, 0.2) is 6.10 Å². The Kier molecular flexibility index (Phi) is 8.56. The maximum Gasteiger partial charge on any atom is 0.419 e. The molecule has 0 unspecified atom stereocenters. The molecular weight excluding hydrogens is 327 g/mol. The standard InChI is InChI=1S/C16H22F3NO4/c1-12(15(21)20-8-5-9-23-11-10-22-2)24-14-7-4-3-6-13(14)16(17,18)19/h3-4,6-7,12H,5,8-11H2,1-2H3,(H,20,21)/t12-/m1/s1. The molecule has 0 fully saturated rings. The van der Waals surface area contributed by atoms with E-state index in [1.54, 1.807) is 7.11 Å². The summed E-state index contributed by atoms with van der Waals surface area (Å²) in [6.45, 7) is 3.17. The van der Waals surface area contributed by atoms with E-state index in [1.165, 1.54) is 25.1 Å². The number of rotatable bonds is 10. The first kappa shape index (κ1) is 20.2. The number of amides is 1. The summed E-state index contributed by atoms with van der Waals surface area (Å²) in [6, 6.07) is 4.80. The van der Waals surface area contributed by atoms with Gasteiger partial charge in [0.2, 0.25) is 0 Å². The number of hydrogen-bond donors (Lipinski definition) is 1. The second-order valence-electron chi connectivity index (χ2n) is 5.00. The zero-order valence-electron chi connectivity index (χ0n) is 13.7. The molecule has 0 aliphatic carbocycles. The molecule has 136 valence electrons. The van der Waals surface area contributed by atoms with Crippen LogP contribution in [0.15, 0.2) is 24.3 Å². The molecule has 0 bridgehead atoms. The minimum absolute atomic E-state index is 0.348. The van der Waals surface area contributed by atoms with Gasteiger partial charge < -0.3 is 19.5 Å². The van der Waals surface area contributed by atoms with Gasteiger partial charge in [-0.3, -0.25) is 4.79 Å². The Labute approximate surface area is 139 Å². The molecule has 0 saturated carbocycles. The largest absolute Gasteiger partial charge is 0.480 e. The lowest BCUT2D eigenvalue weighted by Gasteiger charge is -2.18. The molecule has 0 aliphatic heterocycles. The molecule has 1 rings (SSSR count). The van der Waals surface area contributed by atoms with Gasteiger partial charge in [-0.1, -0.05) is 12.1 Å². The van der Waals surface area contributed by atoms with Crippen molar-refractivity contribution in [1.82, 2.24) is 5.32 Å². The third-order valence-electron chi connectivity index (χ3n) is 3.06. The van der Waals surface area contributed by atoms with E-state index < -0.39 is 23.8 Å². The lowest BCUT2D eigenvalue weighted by atomic mass is 10.2. The lowest BCUT2D eigenvalue weighted by molar-refractivity contribution is -0.140. The number of carbonyl (C=O) groups excluding carboxylic acids is 1. The van der Waals surface area contributed by atoms with Gasteiger partial charge in [0.1, 0.15) is 5.75 Å². The van der Waals surface area contributed by atoms with Gasteiger partial charge in [0.05, 0.1) is 18.8 Å². The SMILES string of the molecule is COCCOCCCNC(=O)[C@@H](C)Oc1ccccc1C(F)(F)F. The molecule has 0 aliphatic rings. The molecular formula is C16H22F3NO4. The Balaban J connectivity index is 2.40. The number of halogens is 3. The minimum Gasteiger partial charge on any atom is -0.480 e. The number of ether oxygens (including phenoxy) is 3. The fourth-order valence-electron chi connectivity index (χ4n) is 1.82. The van der Waals surface area contributed by atoms with E-state index in [0.717, 1.165) is 6.07 Å². The van der Waals surface area contributed by atoms with Gasteiger partial charge in [-0.15, -0.1) is 0 Å². The predicted octanol–water partition coefficient (Wildman–Crippen LogP) is 2.64. The Morgan fingerprint density at radius 1 is 1.21 bits per heavy atom. The molecule has 0 aromatic heterocycles. The van der Waals surface area contributed by atoms with Crippen LogP contribution in [0, 0.1) is 0 Å². The monoisotopic (exact) mass is 349 g/mol. The highest BCUT2D eigenvalue weighted by atomic mass is 19.4. The highest BCUT2D eigenvalue weighted by Gasteiger charge is 2.34. The van der Waals surface area contributed by atoms with Crippen molar-refractivity contribution in [2.75, 3.05) is 33.5 Å². The third-order valence-corrected chi connectivity index (χ3v) is 3.06. The van der Waals surface area contributed by atoms with Crippen molar-refractivity contribution in [2.45, 2.75) is 25.6 Å². The van der Waals surface area contributed by atoms with E-state index in [9.17, 15) is 18.0 Å². The normalized spacial score (nSPS) is 12.7. The van der Waals surface area contributed by atoms with E-state index in [0.29, 0.717) is 32.8 Å². The summed E-state index contributed by atoms with van der Waals surface area (Å²) < 4.78 is 53.8. The molecule has 8 heteroatoms. The first-order valence-electron chi connectivity index (χ1n) is 7.53. The number of alkyl halides is 3. The quantitative estimate of drug-likeness (QED) is 0.660. The van der Waals surface area contributed by atoms with Gasteiger partial charge in [-0.25, -0.2) is 0 Å². The van der Waals surface area contributed by atoms with E-state index in [2.05, 4.69) is 5.32 Å². The molecule has 0 saturated heterocycles. The average Bonchev–Trinajstić information content (AvgIpc) is 2.53. The van der Waals surface area contributed by atoms with Gasteiger partial charge in [0.25, 0.3) is 5.91 Å². The summed E-state index contributed by atoms with van der Waals surface area (Å²) in [7, 11) is 1.57. The zero-order chi connectivity index (χ0) is 18.0. The number of hydrogen-bond acceptors (Lipinski definition) is 4. The second kappa shape index (κ2) is 10.1. The van der Waals surface area contributed by atoms with Crippen LogP contribution in [-0.4, -0.2) is 45.5 Å². The maximum absolute atomic E-state index is 12.9. The first-order valence-corrected chi connectivity index (χ1v) is 7.53. The van der Waals surface area contributed by atoms with Crippen LogP contribution in [0.2, 0.25) is 0 Å². The van der Waals surface area contributed by atoms with Gasteiger partial charge in [0, 0.05) is 20.3 Å². The van der Waals surface area contributed by atoms with Crippen molar-refractivity contribution in [2.24, 2.45) is 0 Å². The summed E-state index contributed by atoms with van der Waals surface area (Å²) in [5.74, 6) is -0.848. The van der Waals surface area contributed by atoms with Crippen molar-refractivity contribution in [3.8, 4) is 5.75 Å². The van der Waals surface area contributed by atoms with Crippen LogP contribution in [0.5, 0.6) is 5.75 Å². The molecule has 0 heterocycles. The highest BCUT2D eigenvalue weighted by molar-refractivity contribution is 5.80. The fraction of sp³-hybridized carbons (Fsp3) is 0.562. The third kappa shape index (κ3) is 7.18. The second-order valence-corrected chi connectivity index (χ2v) is 5.00. The van der Waals surface area contributed by atoms with Crippen LogP contribution in [0.3, 0.4) is 0 Å². The number of benzene rings is 1. The van der Waals surface area contributed by atoms with Crippen LogP contribution in [0.1, 0.15) is 18.9 Å². The molecule has 1 aromatic rings. The Morgan fingerprint density at radius 3 is 2.58 bits per heavy atom. The summed E-state index contributed by atoms with van der Waals surface area (Å²) in [5, 5.41) is 2.60. The smallest absolute Gasteiger partial charge is 0.419 e. The molecule has 0 radical (unpaired) electrons. The van der Waals surface area contributed by atoms with E-state index in [4.69, 9.17) is 14.2 Å². The molecule has 1 aromatic carbocycles. The maximum atomic E-state index is 12.9. The molecule has 1 amide bonds. The van der Waals surface area contributed by atoms with Gasteiger partial charge in [-0.05, 0) is 25.5 Å². The van der Waals surface area contributed by atoms with Crippen LogP contribution in [0.25, 0.3) is 0 Å². The number of carbonyl (C=O) groups is 1. The van der Waals surface area contributed by atoms with Gasteiger partial charge in [-0.2, -0.15) is 13.2 Å². The van der Waals surface area contributed by atoms with Gasteiger partial charge >= 0.3 is 6.18 Å². The number of nitrogens with one attached hydrogen (secondary N) is 1. The highest BCUT2D eigenvalue weighted by Crippen LogP contribution is 2.36. The average molecular weight is 349 g/mol. The molecule has 1 atom stereocenters. The molecule has 5 nitrogen and oxygen atoms in total. The van der Waals surface area contributed by atoms with Crippen molar-refractivity contribution >= 4 is 5.91 Å². The zero-order valence-corrected chi connectivity index (χ0v) is 13.7. The fourth-order valence-corrected chi connectivity index (χ4v) is 1.82. The summed E-state index contributed by atoms with van der Waals surface area (Å²) in [4.78, 5) is 11.9. The van der Waals surface area contributed by atoms with Crippen molar-refractivity contribution in [3.63, 3.8) is 0 Å². The Hall–Kier alpha value is -1.80. The van der Waals surface area contributed by atoms with Crippen molar-refractivity contribution < 1.29 is 32.2 Å². The summed E-state index contributed by atoms with van der Waals surface area (Å²) in [5.41, 5.74) is -0.906. The first-order chi connectivity index (χ1) is 11.4. The van der Waals surface area contributed by atoms with Crippen LogP contribution in [0.4, 0.5) is 13.2 Å². The molecule has 1 N–H and O–H groups in total. The summed E-state index contributed by atoms with van der Waals surface area (Å²) in [6.07, 6.45) is -4.99. The lowest BCUT2D eigenvalue weighted by Crippen LogP contribution is -2.37. The topological polar surface area (TPSA) is 56.8 Å². The Morgan fingerprint density at radius 2 is 1.92 bits per heavy atom. The van der Waals surface area contributed by atoms with E-state index >= 15 is 0 Å². The van der Waals surface area contributed by atoms with E-state index in [-0.39, 0.29) is 5.75 Å². The Bertz CT molecular complexity index is 508. The van der Waals surface area contributed by atoms with Crippen LogP contribution < -0.4 is 10.1 Å². The van der Waals surface area contributed by atoms with Crippen molar-refractivity contribution in [1.29, 1.82) is 0 Å². The minimum atomic E-state index is -4.54. The molecule has 0 spiro atoms. The predicted molar refractivity (Wildman–Crippen MR) is 81.9 cm³/mol. The molecule has 24 heavy (non-hydrogen) atoms. The number of para-hydroxylation sites is 1. The number of methoxy groups -OCH3 is 1.